The molecule has 0 aliphatic heterocycles. The summed E-state index contributed by atoms with van der Waals surface area (Å²) < 4.78 is 5.20. The summed E-state index contributed by atoms with van der Waals surface area (Å²) >= 11 is 0. The van der Waals surface area contributed by atoms with Gasteiger partial charge in [0, 0.05) is 32.0 Å². The molecule has 1 aromatic rings. The van der Waals surface area contributed by atoms with Crippen LogP contribution >= 0.6 is 24.0 Å². The summed E-state index contributed by atoms with van der Waals surface area (Å²) in [6.07, 6.45) is 2.97. The van der Waals surface area contributed by atoms with E-state index in [1.165, 1.54) is 0 Å². The third kappa shape index (κ3) is 8.23. The van der Waals surface area contributed by atoms with Crippen LogP contribution in [0.2, 0.25) is 0 Å². The topological polar surface area (TPSA) is 75.3 Å². The highest BCUT2D eigenvalue weighted by molar-refractivity contribution is 14.0. The predicted octanol–water partition coefficient (Wildman–Crippen LogP) is 2.71. The van der Waals surface area contributed by atoms with Crippen LogP contribution < -0.4 is 10.6 Å². The minimum absolute atomic E-state index is 0. The van der Waals surface area contributed by atoms with Crippen molar-refractivity contribution >= 4 is 29.9 Å². The number of hydrogen-bond acceptors (Lipinski definition) is 4. The number of halogens is 1. The van der Waals surface area contributed by atoms with Crippen molar-refractivity contribution in [2.75, 3.05) is 19.6 Å². The van der Waals surface area contributed by atoms with E-state index in [1.54, 1.807) is 0 Å². The molecule has 1 rings (SSSR count). The molecule has 0 aliphatic carbocycles. The van der Waals surface area contributed by atoms with E-state index in [-0.39, 0.29) is 24.0 Å². The van der Waals surface area contributed by atoms with Gasteiger partial charge in [-0.05, 0) is 13.3 Å². The van der Waals surface area contributed by atoms with Gasteiger partial charge in [-0.25, -0.2) is 0 Å². The standard InChI is InChI=1S/C14H27N5O.HI/c1-5-7-9-16-14(15-6-2)17-10-8-12-18-13(11(3)4)19-20-12;/h11H,5-10H2,1-4H3,(H2,15,16,17);1H. The Morgan fingerprint density at radius 2 is 2.05 bits per heavy atom. The summed E-state index contributed by atoms with van der Waals surface area (Å²) in [4.78, 5) is 8.85. The highest BCUT2D eigenvalue weighted by atomic mass is 127. The Balaban J connectivity index is 0.00000400. The molecule has 0 atom stereocenters. The van der Waals surface area contributed by atoms with E-state index in [1.807, 2.05) is 0 Å². The zero-order valence-electron chi connectivity index (χ0n) is 13.5. The lowest BCUT2D eigenvalue weighted by molar-refractivity contribution is 0.371. The normalized spacial score (nSPS) is 11.4. The van der Waals surface area contributed by atoms with Crippen molar-refractivity contribution in [1.29, 1.82) is 0 Å². The lowest BCUT2D eigenvalue weighted by Crippen LogP contribution is -2.38. The minimum atomic E-state index is 0. The van der Waals surface area contributed by atoms with Gasteiger partial charge in [-0.15, -0.1) is 24.0 Å². The van der Waals surface area contributed by atoms with Gasteiger partial charge in [0.1, 0.15) is 0 Å². The van der Waals surface area contributed by atoms with Crippen LogP contribution in [-0.4, -0.2) is 35.7 Å². The van der Waals surface area contributed by atoms with E-state index < -0.39 is 0 Å². The zero-order valence-corrected chi connectivity index (χ0v) is 15.8. The van der Waals surface area contributed by atoms with Crippen LogP contribution in [0.5, 0.6) is 0 Å². The van der Waals surface area contributed by atoms with Gasteiger partial charge in [0.15, 0.2) is 11.8 Å². The fourth-order valence-electron chi connectivity index (χ4n) is 1.58. The number of aliphatic imine (C=N–C) groups is 1. The summed E-state index contributed by atoms with van der Waals surface area (Å²) in [5.41, 5.74) is 0. The molecule has 7 heteroatoms. The van der Waals surface area contributed by atoms with Crippen LogP contribution in [0.25, 0.3) is 0 Å². The molecular weight excluding hydrogens is 381 g/mol. The molecule has 0 unspecified atom stereocenters. The van der Waals surface area contributed by atoms with Crippen LogP contribution in [0, 0.1) is 0 Å². The largest absolute Gasteiger partial charge is 0.357 e. The van der Waals surface area contributed by atoms with E-state index >= 15 is 0 Å². The first-order valence-electron chi connectivity index (χ1n) is 7.52. The SMILES string of the molecule is CCCCN=C(NCC)NCCc1nc(C(C)C)no1.I. The smallest absolute Gasteiger partial charge is 0.228 e. The number of nitrogens with one attached hydrogen (secondary N) is 2. The van der Waals surface area contributed by atoms with Crippen LogP contribution in [-0.2, 0) is 6.42 Å². The number of guanidine groups is 1. The second-order valence-corrected chi connectivity index (χ2v) is 4.99. The fraction of sp³-hybridized carbons (Fsp3) is 0.786. The number of nitrogens with zero attached hydrogens (tertiary/aromatic N) is 3. The molecule has 0 fully saturated rings. The maximum Gasteiger partial charge on any atom is 0.228 e. The van der Waals surface area contributed by atoms with Crippen LogP contribution in [0.15, 0.2) is 9.52 Å². The summed E-state index contributed by atoms with van der Waals surface area (Å²) in [6.45, 7) is 10.8. The van der Waals surface area contributed by atoms with Crippen molar-refractivity contribution in [1.82, 2.24) is 20.8 Å². The van der Waals surface area contributed by atoms with Gasteiger partial charge in [0.05, 0.1) is 0 Å². The van der Waals surface area contributed by atoms with Crippen LogP contribution in [0.1, 0.15) is 58.2 Å². The Bertz CT molecular complexity index is 406. The van der Waals surface area contributed by atoms with E-state index in [4.69, 9.17) is 4.52 Å². The van der Waals surface area contributed by atoms with Gasteiger partial charge in [0.2, 0.25) is 5.89 Å². The van der Waals surface area contributed by atoms with E-state index in [0.29, 0.717) is 18.2 Å². The molecule has 6 nitrogen and oxygen atoms in total. The average molecular weight is 409 g/mol. The average Bonchev–Trinajstić information content (AvgIpc) is 2.88. The number of rotatable bonds is 8. The second kappa shape index (κ2) is 11.8. The highest BCUT2D eigenvalue weighted by Gasteiger charge is 2.09. The molecule has 0 spiro atoms. The van der Waals surface area contributed by atoms with E-state index in [2.05, 4.69) is 53.5 Å². The third-order valence-electron chi connectivity index (χ3n) is 2.76. The summed E-state index contributed by atoms with van der Waals surface area (Å²) in [5, 5.41) is 10.5. The molecule has 0 bridgehead atoms. The highest BCUT2D eigenvalue weighted by Crippen LogP contribution is 2.09. The van der Waals surface area contributed by atoms with Gasteiger partial charge in [-0.3, -0.25) is 4.99 Å². The number of hydrogen-bond donors (Lipinski definition) is 2. The predicted molar refractivity (Wildman–Crippen MR) is 96.4 cm³/mol. The monoisotopic (exact) mass is 409 g/mol. The molecule has 0 saturated carbocycles. The molecule has 0 amide bonds. The van der Waals surface area contributed by atoms with E-state index in [9.17, 15) is 0 Å². The third-order valence-corrected chi connectivity index (χ3v) is 2.76. The molecule has 21 heavy (non-hydrogen) atoms. The molecular formula is C14H28IN5O. The Morgan fingerprint density at radius 1 is 1.29 bits per heavy atom. The molecule has 2 N–H and O–H groups in total. The molecule has 0 aromatic carbocycles. The van der Waals surface area contributed by atoms with E-state index in [0.717, 1.165) is 44.3 Å². The lowest BCUT2D eigenvalue weighted by Gasteiger charge is -2.09. The summed E-state index contributed by atoms with van der Waals surface area (Å²) in [7, 11) is 0. The van der Waals surface area contributed by atoms with Gasteiger partial charge in [-0.2, -0.15) is 4.98 Å². The van der Waals surface area contributed by atoms with Gasteiger partial charge in [-0.1, -0.05) is 32.3 Å². The Kier molecular flexibility index (Phi) is 11.3. The van der Waals surface area contributed by atoms with Crippen molar-refractivity contribution in [3.8, 4) is 0 Å². The molecule has 1 heterocycles. The molecule has 1 aromatic heterocycles. The zero-order chi connectivity index (χ0) is 14.8. The Labute approximate surface area is 144 Å². The van der Waals surface area contributed by atoms with Gasteiger partial charge < -0.3 is 15.2 Å². The first-order chi connectivity index (χ1) is 9.67. The summed E-state index contributed by atoms with van der Waals surface area (Å²) in [5.74, 6) is 2.59. The van der Waals surface area contributed by atoms with Crippen molar-refractivity contribution in [2.45, 2.75) is 52.9 Å². The van der Waals surface area contributed by atoms with Crippen LogP contribution in [0.4, 0.5) is 0 Å². The number of aromatic nitrogens is 2. The second-order valence-electron chi connectivity index (χ2n) is 4.99. The maximum absolute atomic E-state index is 5.20. The first kappa shape index (κ1) is 20.1. The molecule has 0 saturated heterocycles. The quantitative estimate of drug-likeness (QED) is 0.299. The van der Waals surface area contributed by atoms with Crippen molar-refractivity contribution in [3.05, 3.63) is 11.7 Å². The number of unbranched alkanes of at least 4 members (excludes halogenated alkanes) is 1. The maximum atomic E-state index is 5.20. The lowest BCUT2D eigenvalue weighted by atomic mass is 10.2. The first-order valence-corrected chi connectivity index (χ1v) is 7.52. The Hall–Kier alpha value is -0.860. The van der Waals surface area contributed by atoms with Crippen LogP contribution in [0.3, 0.4) is 0 Å². The van der Waals surface area contributed by atoms with Crippen molar-refractivity contribution in [2.24, 2.45) is 4.99 Å². The fourth-order valence-corrected chi connectivity index (χ4v) is 1.58. The van der Waals surface area contributed by atoms with Crippen molar-refractivity contribution < 1.29 is 4.52 Å². The molecule has 122 valence electrons. The van der Waals surface area contributed by atoms with Crippen molar-refractivity contribution in [3.63, 3.8) is 0 Å². The molecule has 0 aliphatic rings. The minimum Gasteiger partial charge on any atom is -0.357 e. The summed E-state index contributed by atoms with van der Waals surface area (Å²) in [6, 6.07) is 0. The Morgan fingerprint density at radius 3 is 2.62 bits per heavy atom. The molecule has 0 radical (unpaired) electrons. The van der Waals surface area contributed by atoms with Gasteiger partial charge in [0.25, 0.3) is 0 Å². The van der Waals surface area contributed by atoms with Gasteiger partial charge >= 0.3 is 0 Å².